The number of hydrazone groups is 1. The average molecular weight is 236 g/mol. The van der Waals surface area contributed by atoms with Gasteiger partial charge in [0.05, 0.1) is 4.88 Å². The minimum atomic E-state index is -0.0970. The number of nitrogens with one attached hydrogen (secondary N) is 1. The van der Waals surface area contributed by atoms with Crippen molar-refractivity contribution in [2.24, 2.45) is 11.0 Å². The van der Waals surface area contributed by atoms with Crippen LogP contribution in [-0.4, -0.2) is 11.6 Å². The summed E-state index contributed by atoms with van der Waals surface area (Å²) in [7, 11) is 0. The molecule has 0 unspecified atom stereocenters. The maximum absolute atomic E-state index is 11.6. The van der Waals surface area contributed by atoms with E-state index in [0.29, 0.717) is 10.8 Å². The number of thiophene rings is 1. The predicted octanol–water partition coefficient (Wildman–Crippen LogP) is 3.04. The molecule has 1 aliphatic rings. The zero-order valence-electron chi connectivity index (χ0n) is 9.40. The van der Waals surface area contributed by atoms with Crippen LogP contribution in [0.2, 0.25) is 0 Å². The van der Waals surface area contributed by atoms with E-state index in [1.165, 1.54) is 30.6 Å². The number of carbonyl (C=O) groups is 1. The summed E-state index contributed by atoms with van der Waals surface area (Å²) >= 11 is 1.44. The van der Waals surface area contributed by atoms with Gasteiger partial charge in [0.25, 0.3) is 5.91 Å². The van der Waals surface area contributed by atoms with E-state index in [1.54, 1.807) is 0 Å². The van der Waals surface area contributed by atoms with Crippen molar-refractivity contribution in [3.63, 3.8) is 0 Å². The fourth-order valence-corrected chi connectivity index (χ4v) is 2.53. The standard InChI is InChI=1S/C12H16N2OS/c1-9-5-2-3-6-10(9)13-14-12(15)11-7-4-8-16-11/h4,7-9H,2-3,5-6H2,1H3,(H,14,15)/t9-/m0/s1. The number of carbonyl (C=O) groups excluding carboxylic acids is 1. The second-order valence-electron chi connectivity index (χ2n) is 4.17. The highest BCUT2D eigenvalue weighted by Gasteiger charge is 2.16. The van der Waals surface area contributed by atoms with Gasteiger partial charge in [-0.1, -0.05) is 19.4 Å². The van der Waals surface area contributed by atoms with Gasteiger partial charge >= 0.3 is 0 Å². The van der Waals surface area contributed by atoms with Gasteiger partial charge in [0.15, 0.2) is 0 Å². The second-order valence-corrected chi connectivity index (χ2v) is 5.12. The number of nitrogens with zero attached hydrogens (tertiary/aromatic N) is 1. The number of amides is 1. The van der Waals surface area contributed by atoms with Crippen molar-refractivity contribution >= 4 is 23.0 Å². The first kappa shape index (κ1) is 11.3. The first-order chi connectivity index (χ1) is 7.77. The molecule has 1 atom stereocenters. The molecule has 1 aliphatic carbocycles. The largest absolute Gasteiger partial charge is 0.281 e. The molecule has 1 N–H and O–H groups in total. The zero-order chi connectivity index (χ0) is 11.4. The average Bonchev–Trinajstić information content (AvgIpc) is 2.81. The number of hydrogen-bond donors (Lipinski definition) is 1. The molecule has 0 aromatic carbocycles. The summed E-state index contributed by atoms with van der Waals surface area (Å²) in [6.07, 6.45) is 4.68. The van der Waals surface area contributed by atoms with Crippen LogP contribution in [-0.2, 0) is 0 Å². The molecule has 1 aromatic rings. The molecule has 0 radical (unpaired) electrons. The molecule has 1 fully saturated rings. The van der Waals surface area contributed by atoms with Crippen LogP contribution >= 0.6 is 11.3 Å². The van der Waals surface area contributed by atoms with Crippen LogP contribution in [0.4, 0.5) is 0 Å². The van der Waals surface area contributed by atoms with Crippen LogP contribution in [0.5, 0.6) is 0 Å². The fraction of sp³-hybridized carbons (Fsp3) is 0.500. The van der Waals surface area contributed by atoms with Gasteiger partial charge in [-0.15, -0.1) is 11.3 Å². The van der Waals surface area contributed by atoms with Crippen molar-refractivity contribution in [3.8, 4) is 0 Å². The zero-order valence-corrected chi connectivity index (χ0v) is 10.2. The van der Waals surface area contributed by atoms with Crippen LogP contribution in [0, 0.1) is 5.92 Å². The lowest BCUT2D eigenvalue weighted by atomic mass is 9.89. The first-order valence-electron chi connectivity index (χ1n) is 5.67. The summed E-state index contributed by atoms with van der Waals surface area (Å²) in [4.78, 5) is 12.4. The molecule has 1 amide bonds. The summed E-state index contributed by atoms with van der Waals surface area (Å²) in [5.74, 6) is 0.414. The lowest BCUT2D eigenvalue weighted by molar-refractivity contribution is 0.0958. The summed E-state index contributed by atoms with van der Waals surface area (Å²) in [6, 6.07) is 3.68. The Morgan fingerprint density at radius 3 is 3.12 bits per heavy atom. The molecule has 1 saturated carbocycles. The van der Waals surface area contributed by atoms with Gasteiger partial charge in [0, 0.05) is 5.71 Å². The van der Waals surface area contributed by atoms with Crippen molar-refractivity contribution in [3.05, 3.63) is 22.4 Å². The molecular formula is C12H16N2OS. The smallest absolute Gasteiger partial charge is 0.266 e. The van der Waals surface area contributed by atoms with E-state index in [4.69, 9.17) is 0 Å². The van der Waals surface area contributed by atoms with E-state index in [0.717, 1.165) is 12.1 Å². The number of hydrogen-bond acceptors (Lipinski definition) is 3. The molecule has 86 valence electrons. The minimum absolute atomic E-state index is 0.0970. The predicted molar refractivity (Wildman–Crippen MR) is 66.9 cm³/mol. The summed E-state index contributed by atoms with van der Waals surface area (Å²) in [5.41, 5.74) is 3.78. The topological polar surface area (TPSA) is 41.5 Å². The lowest BCUT2D eigenvalue weighted by Gasteiger charge is -2.19. The maximum Gasteiger partial charge on any atom is 0.281 e. The second kappa shape index (κ2) is 5.25. The third kappa shape index (κ3) is 2.70. The first-order valence-corrected chi connectivity index (χ1v) is 6.55. The molecule has 4 heteroatoms. The Morgan fingerprint density at radius 2 is 2.44 bits per heavy atom. The van der Waals surface area contributed by atoms with Gasteiger partial charge < -0.3 is 0 Å². The van der Waals surface area contributed by atoms with Gasteiger partial charge in [0.2, 0.25) is 0 Å². The van der Waals surface area contributed by atoms with Crippen LogP contribution < -0.4 is 5.43 Å². The minimum Gasteiger partial charge on any atom is -0.266 e. The van der Waals surface area contributed by atoms with Crippen LogP contribution in [0.1, 0.15) is 42.3 Å². The molecule has 3 nitrogen and oxygen atoms in total. The maximum atomic E-state index is 11.6. The Hall–Kier alpha value is -1.16. The van der Waals surface area contributed by atoms with E-state index < -0.39 is 0 Å². The van der Waals surface area contributed by atoms with E-state index in [-0.39, 0.29) is 5.91 Å². The quantitative estimate of drug-likeness (QED) is 0.788. The molecule has 0 saturated heterocycles. The normalized spacial score (nSPS) is 23.3. The highest BCUT2D eigenvalue weighted by molar-refractivity contribution is 7.12. The monoisotopic (exact) mass is 236 g/mol. The summed E-state index contributed by atoms with van der Waals surface area (Å²) < 4.78 is 0. The Morgan fingerprint density at radius 1 is 1.56 bits per heavy atom. The third-order valence-electron chi connectivity index (χ3n) is 2.93. The van der Waals surface area contributed by atoms with E-state index >= 15 is 0 Å². The molecule has 0 bridgehead atoms. The SMILES string of the molecule is C[C@H]1CCCCC1=NNC(=O)c1cccs1. The summed E-state index contributed by atoms with van der Waals surface area (Å²) in [6.45, 7) is 2.18. The molecule has 0 spiro atoms. The summed E-state index contributed by atoms with van der Waals surface area (Å²) in [5, 5.41) is 6.14. The van der Waals surface area contributed by atoms with Gasteiger partial charge in [-0.3, -0.25) is 4.79 Å². The van der Waals surface area contributed by atoms with Crippen molar-refractivity contribution in [2.45, 2.75) is 32.6 Å². The Kier molecular flexibility index (Phi) is 3.72. The van der Waals surface area contributed by atoms with E-state index in [2.05, 4.69) is 17.5 Å². The molecule has 1 aromatic heterocycles. The molecular weight excluding hydrogens is 220 g/mol. The third-order valence-corrected chi connectivity index (χ3v) is 3.80. The van der Waals surface area contributed by atoms with Crippen LogP contribution in [0.15, 0.2) is 22.6 Å². The Balaban J connectivity index is 1.95. The highest BCUT2D eigenvalue weighted by atomic mass is 32.1. The van der Waals surface area contributed by atoms with Crippen molar-refractivity contribution in [1.29, 1.82) is 0 Å². The highest BCUT2D eigenvalue weighted by Crippen LogP contribution is 2.20. The van der Waals surface area contributed by atoms with Crippen LogP contribution in [0.25, 0.3) is 0 Å². The van der Waals surface area contributed by atoms with Gasteiger partial charge in [-0.25, -0.2) is 5.43 Å². The molecule has 16 heavy (non-hydrogen) atoms. The van der Waals surface area contributed by atoms with E-state index in [9.17, 15) is 4.79 Å². The fourth-order valence-electron chi connectivity index (χ4n) is 1.92. The van der Waals surface area contributed by atoms with Crippen LogP contribution in [0.3, 0.4) is 0 Å². The van der Waals surface area contributed by atoms with Crippen molar-refractivity contribution in [1.82, 2.24) is 5.43 Å². The Labute approximate surface area is 99.6 Å². The van der Waals surface area contributed by atoms with Gasteiger partial charge in [-0.2, -0.15) is 5.10 Å². The molecule has 2 rings (SSSR count). The molecule has 1 heterocycles. The van der Waals surface area contributed by atoms with E-state index in [1.807, 2.05) is 17.5 Å². The van der Waals surface area contributed by atoms with Gasteiger partial charge in [-0.05, 0) is 36.6 Å². The van der Waals surface area contributed by atoms with Crippen molar-refractivity contribution < 1.29 is 4.79 Å². The molecule has 0 aliphatic heterocycles. The van der Waals surface area contributed by atoms with Crippen molar-refractivity contribution in [2.75, 3.05) is 0 Å². The number of rotatable bonds is 2. The lowest BCUT2D eigenvalue weighted by Crippen LogP contribution is -2.23. The van der Waals surface area contributed by atoms with Gasteiger partial charge in [0.1, 0.15) is 0 Å². The Bertz CT molecular complexity index is 384.